The zero-order valence-electron chi connectivity index (χ0n) is 12.0. The van der Waals surface area contributed by atoms with Crippen LogP contribution in [0.4, 0.5) is 0 Å². The van der Waals surface area contributed by atoms with Crippen molar-refractivity contribution in [1.82, 2.24) is 5.32 Å². The fraction of sp³-hybridized carbons (Fsp3) is 0.533. The second-order valence-electron chi connectivity index (χ2n) is 5.14. The van der Waals surface area contributed by atoms with Gasteiger partial charge in [-0.15, -0.1) is 0 Å². The molecule has 1 fully saturated rings. The van der Waals surface area contributed by atoms with Crippen LogP contribution in [-0.2, 0) is 4.74 Å². The first kappa shape index (κ1) is 14.0. The van der Waals surface area contributed by atoms with Gasteiger partial charge in [0, 0.05) is 24.6 Å². The van der Waals surface area contributed by atoms with Crippen LogP contribution in [0.2, 0.25) is 0 Å². The Labute approximate surface area is 123 Å². The minimum atomic E-state index is -0.142. The van der Waals surface area contributed by atoms with Crippen molar-refractivity contribution < 1.29 is 23.7 Å². The smallest absolute Gasteiger partial charge is 0.251 e. The summed E-state index contributed by atoms with van der Waals surface area (Å²) in [5, 5.41) is 2.93. The third kappa shape index (κ3) is 3.05. The second-order valence-corrected chi connectivity index (χ2v) is 5.14. The molecule has 0 aliphatic carbocycles. The van der Waals surface area contributed by atoms with Crippen LogP contribution in [0.1, 0.15) is 16.8 Å². The number of ether oxygens (including phenoxy) is 4. The minimum Gasteiger partial charge on any atom is -0.493 e. The Morgan fingerprint density at radius 1 is 1.33 bits per heavy atom. The summed E-state index contributed by atoms with van der Waals surface area (Å²) < 4.78 is 21.6. The summed E-state index contributed by atoms with van der Waals surface area (Å²) >= 11 is 0. The molecule has 2 heterocycles. The van der Waals surface area contributed by atoms with E-state index in [-0.39, 0.29) is 5.91 Å². The Morgan fingerprint density at radius 2 is 2.19 bits per heavy atom. The van der Waals surface area contributed by atoms with E-state index in [0.29, 0.717) is 55.1 Å². The average molecular weight is 293 g/mol. The molecule has 1 atom stereocenters. The maximum Gasteiger partial charge on any atom is 0.251 e. The molecule has 114 valence electrons. The van der Waals surface area contributed by atoms with E-state index in [0.717, 1.165) is 13.0 Å². The summed E-state index contributed by atoms with van der Waals surface area (Å²) in [6.07, 6.45) is 0.991. The van der Waals surface area contributed by atoms with Gasteiger partial charge in [-0.3, -0.25) is 4.79 Å². The van der Waals surface area contributed by atoms with E-state index in [9.17, 15) is 4.79 Å². The van der Waals surface area contributed by atoms with E-state index in [1.54, 1.807) is 19.2 Å². The topological polar surface area (TPSA) is 66.0 Å². The number of amides is 1. The molecule has 1 aromatic carbocycles. The highest BCUT2D eigenvalue weighted by atomic mass is 16.6. The van der Waals surface area contributed by atoms with Gasteiger partial charge in [-0.25, -0.2) is 0 Å². The van der Waals surface area contributed by atoms with Crippen molar-refractivity contribution in [3.8, 4) is 17.2 Å². The molecular formula is C15H19NO5. The monoisotopic (exact) mass is 293 g/mol. The Hall–Kier alpha value is -1.95. The number of nitrogens with one attached hydrogen (secondary N) is 1. The molecular weight excluding hydrogens is 274 g/mol. The van der Waals surface area contributed by atoms with Gasteiger partial charge in [-0.1, -0.05) is 0 Å². The van der Waals surface area contributed by atoms with Crippen molar-refractivity contribution in [2.24, 2.45) is 5.92 Å². The number of fused-ring (bicyclic) bond motifs is 1. The lowest BCUT2D eigenvalue weighted by atomic mass is 10.1. The molecule has 1 aromatic rings. The highest BCUT2D eigenvalue weighted by Crippen LogP contribution is 2.40. The highest BCUT2D eigenvalue weighted by molar-refractivity contribution is 5.95. The summed E-state index contributed by atoms with van der Waals surface area (Å²) in [7, 11) is 1.55. The van der Waals surface area contributed by atoms with Crippen LogP contribution < -0.4 is 19.5 Å². The Kier molecular flexibility index (Phi) is 4.15. The van der Waals surface area contributed by atoms with Crippen molar-refractivity contribution in [3.05, 3.63) is 17.7 Å². The van der Waals surface area contributed by atoms with Gasteiger partial charge in [0.05, 0.1) is 13.7 Å². The molecule has 3 rings (SSSR count). The van der Waals surface area contributed by atoms with Crippen LogP contribution in [0.5, 0.6) is 17.2 Å². The molecule has 0 bridgehead atoms. The number of rotatable bonds is 4. The van der Waals surface area contributed by atoms with E-state index in [4.69, 9.17) is 18.9 Å². The van der Waals surface area contributed by atoms with Crippen molar-refractivity contribution in [3.63, 3.8) is 0 Å². The molecule has 1 saturated heterocycles. The number of hydrogen-bond acceptors (Lipinski definition) is 5. The van der Waals surface area contributed by atoms with Gasteiger partial charge in [0.1, 0.15) is 13.2 Å². The Balaban J connectivity index is 1.73. The first-order chi connectivity index (χ1) is 10.3. The predicted octanol–water partition coefficient (Wildman–Crippen LogP) is 1.23. The molecule has 1 amide bonds. The predicted molar refractivity (Wildman–Crippen MR) is 75.2 cm³/mol. The third-order valence-corrected chi connectivity index (χ3v) is 3.67. The molecule has 1 N–H and O–H groups in total. The van der Waals surface area contributed by atoms with Crippen LogP contribution in [-0.4, -0.2) is 46.0 Å². The highest BCUT2D eigenvalue weighted by Gasteiger charge is 2.22. The number of carbonyl (C=O) groups is 1. The van der Waals surface area contributed by atoms with E-state index in [1.807, 2.05) is 0 Å². The lowest BCUT2D eigenvalue weighted by Gasteiger charge is -2.21. The average Bonchev–Trinajstić information content (AvgIpc) is 3.04. The minimum absolute atomic E-state index is 0.142. The lowest BCUT2D eigenvalue weighted by molar-refractivity contribution is 0.0943. The first-order valence-corrected chi connectivity index (χ1v) is 7.11. The standard InChI is InChI=1S/C15H19NO5/c1-18-12-6-11(7-13-14(12)21-5-4-20-13)15(17)16-8-10-2-3-19-9-10/h6-7,10H,2-5,8-9H2,1H3,(H,16,17)/t10-/m0/s1. The number of hydrogen-bond donors (Lipinski definition) is 1. The van der Waals surface area contributed by atoms with Crippen LogP contribution >= 0.6 is 0 Å². The van der Waals surface area contributed by atoms with Crippen molar-refractivity contribution >= 4 is 5.91 Å². The molecule has 2 aliphatic rings. The second kappa shape index (κ2) is 6.22. The van der Waals surface area contributed by atoms with Crippen LogP contribution in [0.15, 0.2) is 12.1 Å². The summed E-state index contributed by atoms with van der Waals surface area (Å²) in [6.45, 7) is 3.07. The van der Waals surface area contributed by atoms with Crippen LogP contribution in [0.25, 0.3) is 0 Å². The van der Waals surface area contributed by atoms with E-state index >= 15 is 0 Å². The summed E-state index contributed by atoms with van der Waals surface area (Å²) in [5.74, 6) is 1.88. The van der Waals surface area contributed by atoms with Crippen LogP contribution in [0.3, 0.4) is 0 Å². The molecule has 21 heavy (non-hydrogen) atoms. The first-order valence-electron chi connectivity index (χ1n) is 7.11. The van der Waals surface area contributed by atoms with E-state index in [1.165, 1.54) is 0 Å². The number of benzene rings is 1. The number of methoxy groups -OCH3 is 1. The van der Waals surface area contributed by atoms with Gasteiger partial charge in [0.25, 0.3) is 5.91 Å². The molecule has 6 heteroatoms. The number of carbonyl (C=O) groups excluding carboxylic acids is 1. The summed E-state index contributed by atoms with van der Waals surface area (Å²) in [6, 6.07) is 3.37. The van der Waals surface area contributed by atoms with Gasteiger partial charge < -0.3 is 24.3 Å². The van der Waals surface area contributed by atoms with Crippen molar-refractivity contribution in [1.29, 1.82) is 0 Å². The largest absolute Gasteiger partial charge is 0.493 e. The molecule has 0 saturated carbocycles. The quantitative estimate of drug-likeness (QED) is 0.904. The molecule has 0 radical (unpaired) electrons. The lowest BCUT2D eigenvalue weighted by Crippen LogP contribution is -2.29. The molecule has 0 aromatic heterocycles. The fourth-order valence-corrected chi connectivity index (χ4v) is 2.49. The molecule has 2 aliphatic heterocycles. The molecule has 0 unspecified atom stereocenters. The van der Waals surface area contributed by atoms with E-state index < -0.39 is 0 Å². The maximum atomic E-state index is 12.3. The fourth-order valence-electron chi connectivity index (χ4n) is 2.49. The maximum absolute atomic E-state index is 12.3. The van der Waals surface area contributed by atoms with Gasteiger partial charge in [-0.05, 0) is 18.6 Å². The van der Waals surface area contributed by atoms with Gasteiger partial charge in [-0.2, -0.15) is 0 Å². The SMILES string of the molecule is COc1cc(C(=O)NC[C@@H]2CCOC2)cc2c1OCCO2. The summed E-state index contributed by atoms with van der Waals surface area (Å²) in [4.78, 5) is 12.3. The molecule has 0 spiro atoms. The Bertz CT molecular complexity index is 508. The Morgan fingerprint density at radius 3 is 2.95 bits per heavy atom. The zero-order chi connectivity index (χ0) is 14.7. The van der Waals surface area contributed by atoms with Gasteiger partial charge in [0.2, 0.25) is 5.75 Å². The van der Waals surface area contributed by atoms with Gasteiger partial charge in [0.15, 0.2) is 11.5 Å². The van der Waals surface area contributed by atoms with Crippen molar-refractivity contribution in [2.75, 3.05) is 40.1 Å². The normalized spacial score (nSPS) is 20.1. The van der Waals surface area contributed by atoms with Crippen LogP contribution in [0, 0.1) is 5.92 Å². The third-order valence-electron chi connectivity index (χ3n) is 3.67. The van der Waals surface area contributed by atoms with Gasteiger partial charge >= 0.3 is 0 Å². The molecule has 6 nitrogen and oxygen atoms in total. The van der Waals surface area contributed by atoms with E-state index in [2.05, 4.69) is 5.32 Å². The zero-order valence-corrected chi connectivity index (χ0v) is 12.0. The summed E-state index contributed by atoms with van der Waals surface area (Å²) in [5.41, 5.74) is 0.509. The van der Waals surface area contributed by atoms with Crippen molar-refractivity contribution in [2.45, 2.75) is 6.42 Å².